The molecule has 0 unspecified atom stereocenters. The first-order valence-corrected chi connectivity index (χ1v) is 9.43. The average molecular weight is 390 g/mol. The molecular weight excluding hydrogens is 359 g/mol. The molecule has 2 N–H and O–H groups in total. The van der Waals surface area contributed by atoms with E-state index in [1.807, 2.05) is 60.6 Å². The molecule has 1 saturated heterocycles. The van der Waals surface area contributed by atoms with Crippen molar-refractivity contribution in [3.8, 4) is 0 Å². The number of aliphatic hydroxyl groups excluding tert-OH is 1. The first kappa shape index (κ1) is 22.4. The van der Waals surface area contributed by atoms with E-state index in [0.717, 1.165) is 0 Å². The van der Waals surface area contributed by atoms with Crippen LogP contribution < -0.4 is 5.32 Å². The molecule has 0 radical (unpaired) electrons. The Hall–Kier alpha value is -1.90. The maximum Gasteiger partial charge on any atom is 0.492 e. The molecule has 0 atom stereocenters. The van der Waals surface area contributed by atoms with Gasteiger partial charge in [0.15, 0.2) is 0 Å². The summed E-state index contributed by atoms with van der Waals surface area (Å²) in [5, 5.41) is 12.1. The minimum atomic E-state index is -0.639. The lowest BCUT2D eigenvalue weighted by atomic mass is 9.77. The SMILES string of the molecule is CC(C)(C)OC(=O)NCC(=Cc1cccc(CO)n1)B1OC(C)(C)C(C)(C)O1. The highest BCUT2D eigenvalue weighted by Gasteiger charge is 2.52. The fourth-order valence-electron chi connectivity index (χ4n) is 2.54. The van der Waals surface area contributed by atoms with Crippen molar-refractivity contribution in [2.24, 2.45) is 0 Å². The molecule has 1 aromatic rings. The molecule has 0 saturated carbocycles. The van der Waals surface area contributed by atoms with E-state index in [1.165, 1.54) is 0 Å². The van der Waals surface area contributed by atoms with Crippen molar-refractivity contribution in [1.29, 1.82) is 0 Å². The van der Waals surface area contributed by atoms with Gasteiger partial charge < -0.3 is 24.5 Å². The molecule has 1 aliphatic heterocycles. The Morgan fingerprint density at radius 3 is 2.39 bits per heavy atom. The van der Waals surface area contributed by atoms with Crippen LogP contribution in [-0.2, 0) is 20.7 Å². The Labute approximate surface area is 167 Å². The van der Waals surface area contributed by atoms with Crippen molar-refractivity contribution in [2.75, 3.05) is 6.54 Å². The predicted molar refractivity (Wildman–Crippen MR) is 108 cm³/mol. The molecule has 1 aliphatic rings. The molecule has 7 nitrogen and oxygen atoms in total. The number of rotatable bonds is 5. The Balaban J connectivity index is 2.26. The first-order valence-electron chi connectivity index (χ1n) is 9.43. The van der Waals surface area contributed by atoms with Crippen molar-refractivity contribution in [3.05, 3.63) is 35.1 Å². The highest BCUT2D eigenvalue weighted by molar-refractivity contribution is 6.56. The summed E-state index contributed by atoms with van der Waals surface area (Å²) in [6, 6.07) is 5.37. The molecule has 1 fully saturated rings. The van der Waals surface area contributed by atoms with E-state index in [9.17, 15) is 9.90 Å². The van der Waals surface area contributed by atoms with Crippen LogP contribution >= 0.6 is 0 Å². The van der Waals surface area contributed by atoms with Gasteiger partial charge >= 0.3 is 13.2 Å². The van der Waals surface area contributed by atoms with E-state index < -0.39 is 30.0 Å². The molecule has 0 spiro atoms. The lowest BCUT2D eigenvalue weighted by Crippen LogP contribution is -2.41. The number of carbonyl (C=O) groups excluding carboxylic acids is 1. The number of aliphatic hydroxyl groups is 1. The quantitative estimate of drug-likeness (QED) is 0.751. The van der Waals surface area contributed by atoms with Crippen LogP contribution in [0.5, 0.6) is 0 Å². The van der Waals surface area contributed by atoms with Crippen LogP contribution in [0.25, 0.3) is 6.08 Å². The van der Waals surface area contributed by atoms with E-state index in [4.69, 9.17) is 14.0 Å². The van der Waals surface area contributed by atoms with Crippen LogP contribution in [0, 0.1) is 0 Å². The third-order valence-corrected chi connectivity index (χ3v) is 4.72. The summed E-state index contributed by atoms with van der Waals surface area (Å²) in [6.07, 6.45) is 1.28. The highest BCUT2D eigenvalue weighted by Crippen LogP contribution is 2.38. The zero-order chi connectivity index (χ0) is 21.2. The molecule has 8 heteroatoms. The number of nitrogens with one attached hydrogen (secondary N) is 1. The van der Waals surface area contributed by atoms with Gasteiger partial charge in [0.1, 0.15) is 5.60 Å². The lowest BCUT2D eigenvalue weighted by molar-refractivity contribution is 0.00578. The van der Waals surface area contributed by atoms with Gasteiger partial charge in [-0.2, -0.15) is 0 Å². The Kier molecular flexibility index (Phi) is 6.58. The van der Waals surface area contributed by atoms with Crippen molar-refractivity contribution >= 4 is 19.3 Å². The van der Waals surface area contributed by atoms with Gasteiger partial charge in [0.25, 0.3) is 0 Å². The molecule has 28 heavy (non-hydrogen) atoms. The van der Waals surface area contributed by atoms with Crippen LogP contribution in [0.2, 0.25) is 0 Å². The van der Waals surface area contributed by atoms with Crippen molar-refractivity contribution in [1.82, 2.24) is 10.3 Å². The monoisotopic (exact) mass is 390 g/mol. The summed E-state index contributed by atoms with van der Waals surface area (Å²) in [5.74, 6) is 0. The Morgan fingerprint density at radius 2 is 1.86 bits per heavy atom. The van der Waals surface area contributed by atoms with Gasteiger partial charge in [-0.25, -0.2) is 4.79 Å². The summed E-state index contributed by atoms with van der Waals surface area (Å²) in [5.41, 5.74) is 0.290. The zero-order valence-electron chi connectivity index (χ0n) is 17.8. The van der Waals surface area contributed by atoms with Gasteiger partial charge in [-0.15, -0.1) is 0 Å². The Bertz CT molecular complexity index is 724. The van der Waals surface area contributed by atoms with Gasteiger partial charge in [-0.3, -0.25) is 4.98 Å². The topological polar surface area (TPSA) is 89.9 Å². The van der Waals surface area contributed by atoms with E-state index >= 15 is 0 Å². The van der Waals surface area contributed by atoms with Crippen molar-refractivity contribution < 1.29 is 23.9 Å². The van der Waals surface area contributed by atoms with Crippen molar-refractivity contribution in [3.63, 3.8) is 0 Å². The summed E-state index contributed by atoms with van der Waals surface area (Å²) < 4.78 is 17.6. The second-order valence-electron chi connectivity index (χ2n) is 8.87. The van der Waals surface area contributed by atoms with Gasteiger partial charge in [0, 0.05) is 6.54 Å². The third kappa shape index (κ3) is 5.80. The fraction of sp³-hybridized carbons (Fsp3) is 0.600. The molecule has 0 bridgehead atoms. The number of ether oxygens (including phenoxy) is 1. The maximum atomic E-state index is 12.1. The zero-order valence-corrected chi connectivity index (χ0v) is 17.8. The molecule has 2 heterocycles. The number of amides is 1. The molecule has 2 rings (SSSR count). The van der Waals surface area contributed by atoms with Crippen LogP contribution in [-0.4, -0.2) is 46.7 Å². The van der Waals surface area contributed by atoms with Gasteiger partial charge in [-0.1, -0.05) is 6.07 Å². The second kappa shape index (κ2) is 8.23. The predicted octanol–water partition coefficient (Wildman–Crippen LogP) is 3.11. The third-order valence-electron chi connectivity index (χ3n) is 4.72. The van der Waals surface area contributed by atoms with E-state index in [2.05, 4.69) is 10.3 Å². The minimum Gasteiger partial charge on any atom is -0.444 e. The van der Waals surface area contributed by atoms with Gasteiger partial charge in [0.2, 0.25) is 0 Å². The molecule has 1 aromatic heterocycles. The molecule has 1 amide bonds. The Morgan fingerprint density at radius 1 is 1.25 bits per heavy atom. The molecule has 154 valence electrons. The molecule has 0 aliphatic carbocycles. The van der Waals surface area contributed by atoms with Gasteiger partial charge in [-0.05, 0) is 72.1 Å². The number of nitrogens with zero attached hydrogens (tertiary/aromatic N) is 1. The number of hydrogen-bond acceptors (Lipinski definition) is 6. The summed E-state index contributed by atoms with van der Waals surface area (Å²) in [7, 11) is -0.639. The summed E-state index contributed by atoms with van der Waals surface area (Å²) in [4.78, 5) is 16.5. The first-order chi connectivity index (χ1) is 12.8. The summed E-state index contributed by atoms with van der Waals surface area (Å²) >= 11 is 0. The maximum absolute atomic E-state index is 12.1. The normalized spacial score (nSPS) is 18.9. The lowest BCUT2D eigenvalue weighted by Gasteiger charge is -2.32. The van der Waals surface area contributed by atoms with E-state index in [-0.39, 0.29) is 13.2 Å². The average Bonchev–Trinajstić information content (AvgIpc) is 2.77. The van der Waals surface area contributed by atoms with Crippen molar-refractivity contribution in [2.45, 2.75) is 71.9 Å². The minimum absolute atomic E-state index is 0.149. The summed E-state index contributed by atoms with van der Waals surface area (Å²) in [6.45, 7) is 13.3. The van der Waals surface area contributed by atoms with E-state index in [0.29, 0.717) is 16.9 Å². The smallest absolute Gasteiger partial charge is 0.444 e. The number of carbonyl (C=O) groups is 1. The molecule has 0 aromatic carbocycles. The molecular formula is C20H31BN2O5. The standard InChI is InChI=1S/C20H31BN2O5/c1-18(2,3)26-17(25)22-12-14(11-15-9-8-10-16(13-24)23-15)21-27-19(4,5)20(6,7)28-21/h8-11,24H,12-13H2,1-7H3,(H,22,25). The number of hydrogen-bond donors (Lipinski definition) is 2. The number of aromatic nitrogens is 1. The van der Waals surface area contributed by atoms with Crippen LogP contribution in [0.3, 0.4) is 0 Å². The van der Waals surface area contributed by atoms with Gasteiger partial charge in [0.05, 0.1) is 29.2 Å². The number of pyridine rings is 1. The van der Waals surface area contributed by atoms with E-state index in [1.54, 1.807) is 12.1 Å². The number of alkyl carbamates (subject to hydrolysis) is 1. The van der Waals surface area contributed by atoms with Crippen LogP contribution in [0.4, 0.5) is 4.79 Å². The fourth-order valence-corrected chi connectivity index (χ4v) is 2.54. The second-order valence-corrected chi connectivity index (χ2v) is 8.87. The highest BCUT2D eigenvalue weighted by atomic mass is 16.7. The van der Waals surface area contributed by atoms with Crippen LogP contribution in [0.1, 0.15) is 59.9 Å². The van der Waals surface area contributed by atoms with Crippen LogP contribution in [0.15, 0.2) is 23.7 Å². The largest absolute Gasteiger partial charge is 0.492 e.